The molecule has 0 aliphatic heterocycles. The first-order valence-corrected chi connectivity index (χ1v) is 7.52. The molecule has 1 atom stereocenters. The van der Waals surface area contributed by atoms with Crippen molar-refractivity contribution in [2.45, 2.75) is 46.1 Å². The van der Waals surface area contributed by atoms with Crippen LogP contribution in [0.1, 0.15) is 50.7 Å². The molecule has 0 bridgehead atoms. The van der Waals surface area contributed by atoms with Gasteiger partial charge in [0.1, 0.15) is 5.75 Å². The normalized spacial score (nSPS) is 11.9. The smallest absolute Gasteiger partial charge is 0.123 e. The number of rotatable bonds is 9. The van der Waals surface area contributed by atoms with Gasteiger partial charge >= 0.3 is 0 Å². The molecule has 1 aromatic rings. The van der Waals surface area contributed by atoms with Gasteiger partial charge in [-0.15, -0.1) is 0 Å². The van der Waals surface area contributed by atoms with E-state index in [9.17, 15) is 0 Å². The Morgan fingerprint density at radius 2 is 2.15 bits per heavy atom. The van der Waals surface area contributed by atoms with Crippen LogP contribution in [0.5, 0.6) is 5.75 Å². The van der Waals surface area contributed by atoms with Crippen molar-refractivity contribution in [3.63, 3.8) is 0 Å². The number of ether oxygens (including phenoxy) is 1. The maximum Gasteiger partial charge on any atom is 0.123 e. The van der Waals surface area contributed by atoms with Gasteiger partial charge in [-0.25, -0.2) is 0 Å². The molecule has 0 radical (unpaired) electrons. The van der Waals surface area contributed by atoms with E-state index in [0.29, 0.717) is 5.56 Å². The van der Waals surface area contributed by atoms with E-state index >= 15 is 0 Å². The van der Waals surface area contributed by atoms with Crippen LogP contribution in [0.4, 0.5) is 0 Å². The number of benzene rings is 1. The third-order valence-electron chi connectivity index (χ3n) is 3.70. The van der Waals surface area contributed by atoms with Crippen molar-refractivity contribution in [1.29, 1.82) is 5.26 Å². The van der Waals surface area contributed by atoms with Crippen LogP contribution in [0.25, 0.3) is 0 Å². The Kier molecular flexibility index (Phi) is 7.75. The lowest BCUT2D eigenvalue weighted by atomic mass is 9.99. The van der Waals surface area contributed by atoms with Crippen LogP contribution in [0.2, 0.25) is 0 Å². The van der Waals surface area contributed by atoms with E-state index < -0.39 is 0 Å². The highest BCUT2D eigenvalue weighted by Crippen LogP contribution is 2.20. The van der Waals surface area contributed by atoms with Crippen LogP contribution in [-0.2, 0) is 6.54 Å². The highest BCUT2D eigenvalue weighted by molar-refractivity contribution is 5.41. The number of unbranched alkanes of at least 4 members (excludes halogenated alkanes) is 1. The molecule has 20 heavy (non-hydrogen) atoms. The minimum Gasteiger partial charge on any atom is -0.496 e. The zero-order valence-electron chi connectivity index (χ0n) is 12.9. The first kappa shape index (κ1) is 16.5. The number of nitriles is 1. The number of nitrogens with zero attached hydrogens (tertiary/aromatic N) is 1. The standard InChI is InChI=1S/C17H26N2O/c1-4-6-7-14(5-2)12-19-13-16-10-15(11-18)8-9-17(16)20-3/h8-10,14,19H,4-7,12-13H2,1-3H3. The molecule has 1 aromatic carbocycles. The van der Waals surface area contributed by atoms with Gasteiger partial charge in [0.25, 0.3) is 0 Å². The van der Waals surface area contributed by atoms with Crippen molar-refractivity contribution in [2.24, 2.45) is 5.92 Å². The van der Waals surface area contributed by atoms with E-state index in [0.717, 1.165) is 30.3 Å². The maximum absolute atomic E-state index is 8.96. The van der Waals surface area contributed by atoms with Gasteiger partial charge < -0.3 is 10.1 Å². The number of hydrogen-bond donors (Lipinski definition) is 1. The molecule has 1 unspecified atom stereocenters. The summed E-state index contributed by atoms with van der Waals surface area (Å²) in [5.74, 6) is 1.58. The molecule has 3 heteroatoms. The summed E-state index contributed by atoms with van der Waals surface area (Å²) in [7, 11) is 1.67. The quantitative estimate of drug-likeness (QED) is 0.743. The summed E-state index contributed by atoms with van der Waals surface area (Å²) < 4.78 is 5.34. The Hall–Kier alpha value is -1.53. The molecule has 3 nitrogen and oxygen atoms in total. The molecule has 0 heterocycles. The van der Waals surface area contributed by atoms with E-state index in [2.05, 4.69) is 25.2 Å². The second kappa shape index (κ2) is 9.39. The molecule has 0 amide bonds. The van der Waals surface area contributed by atoms with Crippen molar-refractivity contribution in [3.8, 4) is 11.8 Å². The molecule has 0 saturated carbocycles. The zero-order chi connectivity index (χ0) is 14.8. The molecule has 110 valence electrons. The van der Waals surface area contributed by atoms with Crippen LogP contribution in [0.3, 0.4) is 0 Å². The highest BCUT2D eigenvalue weighted by atomic mass is 16.5. The van der Waals surface area contributed by atoms with Crippen molar-refractivity contribution in [1.82, 2.24) is 5.32 Å². The van der Waals surface area contributed by atoms with Gasteiger partial charge in [0.2, 0.25) is 0 Å². The molecular weight excluding hydrogens is 248 g/mol. The fourth-order valence-electron chi connectivity index (χ4n) is 2.34. The Labute approximate surface area is 123 Å². The third-order valence-corrected chi connectivity index (χ3v) is 3.70. The van der Waals surface area contributed by atoms with Crippen molar-refractivity contribution >= 4 is 0 Å². The lowest BCUT2D eigenvalue weighted by molar-refractivity contribution is 0.398. The average Bonchev–Trinajstić information content (AvgIpc) is 2.50. The van der Waals surface area contributed by atoms with E-state index in [4.69, 9.17) is 10.00 Å². The summed E-state index contributed by atoms with van der Waals surface area (Å²) in [6.45, 7) is 6.26. The monoisotopic (exact) mass is 274 g/mol. The van der Waals surface area contributed by atoms with E-state index in [1.54, 1.807) is 13.2 Å². The van der Waals surface area contributed by atoms with Crippen LogP contribution in [0, 0.1) is 17.2 Å². The summed E-state index contributed by atoms with van der Waals surface area (Å²) in [6.07, 6.45) is 5.06. The molecule has 1 N–H and O–H groups in total. The second-order valence-corrected chi connectivity index (χ2v) is 5.19. The summed E-state index contributed by atoms with van der Waals surface area (Å²) in [5.41, 5.74) is 1.73. The molecular formula is C17H26N2O. The number of hydrogen-bond acceptors (Lipinski definition) is 3. The number of methoxy groups -OCH3 is 1. The van der Waals surface area contributed by atoms with E-state index in [-0.39, 0.29) is 0 Å². The molecule has 0 fully saturated rings. The van der Waals surface area contributed by atoms with Crippen LogP contribution in [-0.4, -0.2) is 13.7 Å². The summed E-state index contributed by atoms with van der Waals surface area (Å²) >= 11 is 0. The van der Waals surface area contributed by atoms with Crippen LogP contribution in [0.15, 0.2) is 18.2 Å². The molecule has 0 spiro atoms. The summed E-state index contributed by atoms with van der Waals surface area (Å²) in [4.78, 5) is 0. The molecule has 1 rings (SSSR count). The Balaban J connectivity index is 2.54. The first-order chi connectivity index (χ1) is 9.74. The first-order valence-electron chi connectivity index (χ1n) is 7.52. The van der Waals surface area contributed by atoms with Crippen LogP contribution < -0.4 is 10.1 Å². The fourth-order valence-corrected chi connectivity index (χ4v) is 2.34. The van der Waals surface area contributed by atoms with Gasteiger partial charge in [0, 0.05) is 12.1 Å². The molecule has 0 saturated heterocycles. The van der Waals surface area contributed by atoms with E-state index in [1.165, 1.54) is 25.7 Å². The largest absolute Gasteiger partial charge is 0.496 e. The molecule has 0 aliphatic carbocycles. The lowest BCUT2D eigenvalue weighted by Crippen LogP contribution is -2.22. The fraction of sp³-hybridized carbons (Fsp3) is 0.588. The number of nitrogens with one attached hydrogen (secondary N) is 1. The minimum absolute atomic E-state index is 0.681. The molecule has 0 aromatic heterocycles. The van der Waals surface area contributed by atoms with Gasteiger partial charge in [-0.05, 0) is 37.1 Å². The lowest BCUT2D eigenvalue weighted by Gasteiger charge is -2.16. The van der Waals surface area contributed by atoms with Gasteiger partial charge in [0.05, 0.1) is 18.7 Å². The third kappa shape index (κ3) is 5.22. The topological polar surface area (TPSA) is 45.0 Å². The average molecular weight is 274 g/mol. The van der Waals surface area contributed by atoms with E-state index in [1.807, 2.05) is 12.1 Å². The zero-order valence-corrected chi connectivity index (χ0v) is 12.9. The minimum atomic E-state index is 0.681. The van der Waals surface area contributed by atoms with Crippen molar-refractivity contribution in [3.05, 3.63) is 29.3 Å². The highest BCUT2D eigenvalue weighted by Gasteiger charge is 2.07. The predicted octanol–water partition coefficient (Wildman–Crippen LogP) is 3.87. The van der Waals surface area contributed by atoms with Gasteiger partial charge in [-0.2, -0.15) is 5.26 Å². The predicted molar refractivity (Wildman–Crippen MR) is 82.7 cm³/mol. The molecule has 0 aliphatic rings. The Morgan fingerprint density at radius 3 is 2.75 bits per heavy atom. The SMILES string of the molecule is CCCCC(CC)CNCc1cc(C#N)ccc1OC. The summed E-state index contributed by atoms with van der Waals surface area (Å²) in [5, 5.41) is 12.5. The van der Waals surface area contributed by atoms with Gasteiger partial charge in [-0.3, -0.25) is 0 Å². The summed E-state index contributed by atoms with van der Waals surface area (Å²) in [6, 6.07) is 7.73. The van der Waals surface area contributed by atoms with Crippen molar-refractivity contribution < 1.29 is 4.74 Å². The maximum atomic E-state index is 8.96. The second-order valence-electron chi connectivity index (χ2n) is 5.19. The Morgan fingerprint density at radius 1 is 1.35 bits per heavy atom. The van der Waals surface area contributed by atoms with Gasteiger partial charge in [0.15, 0.2) is 0 Å². The van der Waals surface area contributed by atoms with Gasteiger partial charge in [-0.1, -0.05) is 33.1 Å². The van der Waals surface area contributed by atoms with Crippen molar-refractivity contribution in [2.75, 3.05) is 13.7 Å². The van der Waals surface area contributed by atoms with Crippen LogP contribution >= 0.6 is 0 Å². The Bertz CT molecular complexity index is 437.